The normalized spacial score (nSPS) is 13.7. The Balaban J connectivity index is 2.77. The molecule has 0 aromatic heterocycles. The molecule has 0 N–H and O–H groups in total. The van der Waals surface area contributed by atoms with E-state index in [2.05, 4.69) is 0 Å². The molecule has 0 aliphatic heterocycles. The van der Waals surface area contributed by atoms with E-state index in [1.165, 1.54) is 18.2 Å². The molecule has 0 saturated carbocycles. The molecule has 2 rings (SSSR count). The Morgan fingerprint density at radius 1 is 0.762 bits per heavy atom. The van der Waals surface area contributed by atoms with Crippen molar-refractivity contribution in [2.75, 3.05) is 0 Å². The summed E-state index contributed by atoms with van der Waals surface area (Å²) in [4.78, 5) is 0. The van der Waals surface area contributed by atoms with Gasteiger partial charge in [0.05, 0.1) is 0 Å². The van der Waals surface area contributed by atoms with Crippen LogP contribution in [-0.4, -0.2) is 12.1 Å². The van der Waals surface area contributed by atoms with Gasteiger partial charge in [-0.05, 0) is 11.5 Å². The zero-order valence-electron chi connectivity index (χ0n) is 10.0. The molecule has 0 atom stereocenters. The standard InChI is InChI=1S/C13H6F7O/c14-11(15,12(16,17)13(18,19)20)8-5-1-3-7-4-2-6-9(21)10(7)8/h1-6H. The van der Waals surface area contributed by atoms with E-state index in [-0.39, 0.29) is 5.39 Å². The number of fused-ring (bicyclic) bond motifs is 1. The van der Waals surface area contributed by atoms with Crippen LogP contribution in [0.1, 0.15) is 5.56 Å². The fourth-order valence-corrected chi connectivity index (χ4v) is 1.92. The SMILES string of the molecule is [O]c1cccc2cccc(C(F)(F)C(F)(F)C(F)(F)F)c12. The Morgan fingerprint density at radius 3 is 1.81 bits per heavy atom. The molecule has 2 aromatic carbocycles. The second-order valence-electron chi connectivity index (χ2n) is 4.31. The van der Waals surface area contributed by atoms with Crippen LogP contribution in [0, 0.1) is 0 Å². The van der Waals surface area contributed by atoms with Crippen molar-refractivity contribution < 1.29 is 35.8 Å². The van der Waals surface area contributed by atoms with Gasteiger partial charge in [0.15, 0.2) is 5.75 Å². The van der Waals surface area contributed by atoms with E-state index < -0.39 is 34.7 Å². The van der Waals surface area contributed by atoms with Gasteiger partial charge >= 0.3 is 18.0 Å². The summed E-state index contributed by atoms with van der Waals surface area (Å²) in [6, 6.07) is 5.62. The Hall–Kier alpha value is -1.99. The van der Waals surface area contributed by atoms with Gasteiger partial charge < -0.3 is 0 Å². The maximum Gasteiger partial charge on any atom is 0.460 e. The van der Waals surface area contributed by atoms with E-state index in [0.717, 1.165) is 12.1 Å². The highest BCUT2D eigenvalue weighted by atomic mass is 19.4. The molecule has 1 radical (unpaired) electrons. The van der Waals surface area contributed by atoms with Crippen molar-refractivity contribution in [3.05, 3.63) is 42.0 Å². The molecule has 0 spiro atoms. The first kappa shape index (κ1) is 15.4. The third-order valence-corrected chi connectivity index (χ3v) is 2.96. The fraction of sp³-hybridized carbons (Fsp3) is 0.231. The number of hydrogen-bond donors (Lipinski definition) is 0. The number of benzene rings is 2. The van der Waals surface area contributed by atoms with Crippen LogP contribution in [0.15, 0.2) is 36.4 Å². The highest BCUT2D eigenvalue weighted by molar-refractivity contribution is 5.91. The minimum atomic E-state index is -6.45. The lowest BCUT2D eigenvalue weighted by Gasteiger charge is -2.29. The fourth-order valence-electron chi connectivity index (χ4n) is 1.92. The second-order valence-corrected chi connectivity index (χ2v) is 4.31. The summed E-state index contributed by atoms with van der Waals surface area (Å²) in [7, 11) is 0. The number of halogens is 7. The topological polar surface area (TPSA) is 19.9 Å². The minimum Gasteiger partial charge on any atom is -0.289 e. The molecule has 0 bridgehead atoms. The molecule has 8 heteroatoms. The first-order chi connectivity index (χ1) is 9.50. The zero-order chi connectivity index (χ0) is 16.1. The maximum atomic E-state index is 13.7. The highest BCUT2D eigenvalue weighted by Crippen LogP contribution is 2.53. The van der Waals surface area contributed by atoms with Crippen LogP contribution in [-0.2, 0) is 11.0 Å². The van der Waals surface area contributed by atoms with Crippen LogP contribution < -0.4 is 0 Å². The Kier molecular flexibility index (Phi) is 3.30. The predicted molar refractivity (Wildman–Crippen MR) is 59.0 cm³/mol. The summed E-state index contributed by atoms with van der Waals surface area (Å²) in [5.74, 6) is -12.9. The van der Waals surface area contributed by atoms with Gasteiger partial charge in [0.25, 0.3) is 0 Å². The lowest BCUT2D eigenvalue weighted by Crippen LogP contribution is -2.50. The first-order valence-corrected chi connectivity index (χ1v) is 5.52. The van der Waals surface area contributed by atoms with Crippen LogP contribution in [0.25, 0.3) is 10.8 Å². The van der Waals surface area contributed by atoms with Gasteiger partial charge in [-0.3, -0.25) is 5.11 Å². The number of hydrogen-bond acceptors (Lipinski definition) is 0. The van der Waals surface area contributed by atoms with Crippen LogP contribution in [0.5, 0.6) is 5.75 Å². The number of rotatable bonds is 2. The van der Waals surface area contributed by atoms with Crippen LogP contribution in [0.2, 0.25) is 0 Å². The molecule has 2 aromatic rings. The average Bonchev–Trinajstić information content (AvgIpc) is 2.37. The summed E-state index contributed by atoms with van der Waals surface area (Å²) in [5.41, 5.74) is -1.65. The summed E-state index contributed by atoms with van der Waals surface area (Å²) < 4.78 is 90.2. The van der Waals surface area contributed by atoms with Gasteiger partial charge in [0.2, 0.25) is 0 Å². The molecule has 0 amide bonds. The van der Waals surface area contributed by atoms with Gasteiger partial charge in [0, 0.05) is 10.9 Å². The van der Waals surface area contributed by atoms with Crippen molar-refractivity contribution in [1.29, 1.82) is 0 Å². The number of alkyl halides is 7. The summed E-state index contributed by atoms with van der Waals surface area (Å²) in [6.45, 7) is 0. The smallest absolute Gasteiger partial charge is 0.289 e. The first-order valence-electron chi connectivity index (χ1n) is 5.52. The van der Waals surface area contributed by atoms with Gasteiger partial charge in [0.1, 0.15) is 0 Å². The van der Waals surface area contributed by atoms with Crippen molar-refractivity contribution in [2.45, 2.75) is 18.0 Å². The molecular weight excluding hydrogens is 305 g/mol. The van der Waals surface area contributed by atoms with E-state index in [1.54, 1.807) is 0 Å². The van der Waals surface area contributed by atoms with E-state index in [0.29, 0.717) is 6.07 Å². The van der Waals surface area contributed by atoms with Crippen molar-refractivity contribution >= 4 is 10.8 Å². The van der Waals surface area contributed by atoms with Gasteiger partial charge in [-0.25, -0.2) is 0 Å². The third kappa shape index (κ3) is 2.18. The highest BCUT2D eigenvalue weighted by Gasteiger charge is 2.73. The van der Waals surface area contributed by atoms with Gasteiger partial charge in [-0.1, -0.05) is 30.3 Å². The van der Waals surface area contributed by atoms with E-state index in [4.69, 9.17) is 0 Å². The average molecular weight is 311 g/mol. The molecule has 0 aliphatic rings. The van der Waals surface area contributed by atoms with E-state index >= 15 is 0 Å². The van der Waals surface area contributed by atoms with E-state index in [1.807, 2.05) is 0 Å². The lowest BCUT2D eigenvalue weighted by atomic mass is 9.95. The molecule has 0 aliphatic carbocycles. The van der Waals surface area contributed by atoms with Crippen molar-refractivity contribution in [2.24, 2.45) is 0 Å². The molecule has 0 heterocycles. The van der Waals surface area contributed by atoms with Crippen LogP contribution >= 0.6 is 0 Å². The van der Waals surface area contributed by atoms with E-state index in [9.17, 15) is 35.8 Å². The minimum absolute atomic E-state index is 0.141. The quantitative estimate of drug-likeness (QED) is 0.673. The van der Waals surface area contributed by atoms with Crippen LogP contribution in [0.3, 0.4) is 0 Å². The predicted octanol–water partition coefficient (Wildman–Crippen LogP) is 5.27. The summed E-state index contributed by atoms with van der Waals surface area (Å²) in [6.07, 6.45) is -6.45. The summed E-state index contributed by atoms with van der Waals surface area (Å²) >= 11 is 0. The largest absolute Gasteiger partial charge is 0.460 e. The van der Waals surface area contributed by atoms with Crippen molar-refractivity contribution in [3.63, 3.8) is 0 Å². The van der Waals surface area contributed by atoms with Crippen molar-refractivity contribution in [3.8, 4) is 5.75 Å². The molecule has 1 nitrogen and oxygen atoms in total. The zero-order valence-corrected chi connectivity index (χ0v) is 10.0. The van der Waals surface area contributed by atoms with Crippen LogP contribution in [0.4, 0.5) is 30.7 Å². The summed E-state index contributed by atoms with van der Waals surface area (Å²) in [5, 5.41) is 10.6. The molecule has 0 saturated heterocycles. The molecule has 21 heavy (non-hydrogen) atoms. The molecule has 0 unspecified atom stereocenters. The Bertz CT molecular complexity index is 671. The molecular formula is C13H6F7O. The van der Waals surface area contributed by atoms with Gasteiger partial charge in [-0.15, -0.1) is 0 Å². The second kappa shape index (κ2) is 4.51. The molecule has 0 fully saturated rings. The Labute approximate surface area is 113 Å². The lowest BCUT2D eigenvalue weighted by molar-refractivity contribution is -0.359. The van der Waals surface area contributed by atoms with Crippen molar-refractivity contribution in [1.82, 2.24) is 0 Å². The monoisotopic (exact) mass is 311 g/mol. The maximum absolute atomic E-state index is 13.7. The molecule has 113 valence electrons. The Morgan fingerprint density at radius 2 is 1.29 bits per heavy atom. The van der Waals surface area contributed by atoms with Gasteiger partial charge in [-0.2, -0.15) is 30.7 Å². The third-order valence-electron chi connectivity index (χ3n) is 2.96.